The van der Waals surface area contributed by atoms with E-state index in [1.165, 1.54) is 0 Å². The van der Waals surface area contributed by atoms with Gasteiger partial charge in [0.1, 0.15) is 0 Å². The van der Waals surface area contributed by atoms with E-state index in [1.807, 2.05) is 12.1 Å². The van der Waals surface area contributed by atoms with Crippen molar-refractivity contribution in [1.82, 2.24) is 10.3 Å². The van der Waals surface area contributed by atoms with Gasteiger partial charge < -0.3 is 15.2 Å². The fourth-order valence-electron chi connectivity index (χ4n) is 2.80. The van der Waals surface area contributed by atoms with Crippen LogP contribution >= 0.6 is 0 Å². The minimum absolute atomic E-state index is 0.107. The highest BCUT2D eigenvalue weighted by Crippen LogP contribution is 2.30. The van der Waals surface area contributed by atoms with Crippen molar-refractivity contribution in [2.24, 2.45) is 5.41 Å². The Morgan fingerprint density at radius 1 is 1.26 bits per heavy atom. The quantitative estimate of drug-likeness (QED) is 0.899. The predicted molar refractivity (Wildman–Crippen MR) is 84.2 cm³/mol. The van der Waals surface area contributed by atoms with Crippen molar-refractivity contribution in [3.8, 4) is 0 Å². The highest BCUT2D eigenvalue weighted by Gasteiger charge is 2.40. The summed E-state index contributed by atoms with van der Waals surface area (Å²) in [6, 6.07) is 8.94. The van der Waals surface area contributed by atoms with Gasteiger partial charge in [0, 0.05) is 36.9 Å². The molecule has 1 aromatic carbocycles. The first-order valence-corrected chi connectivity index (χ1v) is 7.55. The van der Waals surface area contributed by atoms with Gasteiger partial charge in [0.15, 0.2) is 0 Å². The van der Waals surface area contributed by atoms with Crippen molar-refractivity contribution in [1.29, 1.82) is 0 Å². The van der Waals surface area contributed by atoms with E-state index < -0.39 is 11.4 Å². The smallest absolute Gasteiger partial charge is 0.311 e. The number of aliphatic carboxylic acids is 1. The normalized spacial score (nSPS) is 16.9. The number of hydrogen-bond donors (Lipinski definition) is 2. The molecule has 2 N–H and O–H groups in total. The van der Waals surface area contributed by atoms with E-state index in [0.717, 1.165) is 10.9 Å². The average molecular weight is 314 g/mol. The number of pyridine rings is 1. The highest BCUT2D eigenvalue weighted by molar-refractivity contribution is 5.98. The number of carboxylic acids is 1. The van der Waals surface area contributed by atoms with Crippen LogP contribution < -0.4 is 5.32 Å². The fraction of sp³-hybridized carbons (Fsp3) is 0.353. The molecule has 0 saturated carbocycles. The molecule has 1 aliphatic heterocycles. The molecule has 0 unspecified atom stereocenters. The third-order valence-electron chi connectivity index (χ3n) is 4.36. The van der Waals surface area contributed by atoms with Gasteiger partial charge >= 0.3 is 5.97 Å². The minimum atomic E-state index is -0.938. The van der Waals surface area contributed by atoms with E-state index in [0.29, 0.717) is 31.6 Å². The highest BCUT2D eigenvalue weighted by atomic mass is 16.5. The molecular formula is C17H18N2O4. The monoisotopic (exact) mass is 314 g/mol. The summed E-state index contributed by atoms with van der Waals surface area (Å²) in [6.45, 7) is 0.920. The van der Waals surface area contributed by atoms with Gasteiger partial charge in [-0.25, -0.2) is 0 Å². The van der Waals surface area contributed by atoms with Gasteiger partial charge in [-0.15, -0.1) is 0 Å². The molecular weight excluding hydrogens is 296 g/mol. The zero-order valence-corrected chi connectivity index (χ0v) is 12.6. The van der Waals surface area contributed by atoms with Gasteiger partial charge in [0.25, 0.3) is 5.91 Å². The Bertz CT molecular complexity index is 738. The van der Waals surface area contributed by atoms with E-state index >= 15 is 0 Å². The molecule has 120 valence electrons. The number of amides is 1. The lowest BCUT2D eigenvalue weighted by Gasteiger charge is -2.33. The van der Waals surface area contributed by atoms with Crippen LogP contribution in [0.25, 0.3) is 10.9 Å². The second kappa shape index (κ2) is 6.34. The first-order chi connectivity index (χ1) is 11.1. The molecule has 2 aromatic rings. The second-order valence-electron chi connectivity index (χ2n) is 5.79. The average Bonchev–Trinajstić information content (AvgIpc) is 2.60. The first kappa shape index (κ1) is 15.4. The molecule has 1 aliphatic rings. The lowest BCUT2D eigenvalue weighted by molar-refractivity contribution is -0.154. The molecule has 23 heavy (non-hydrogen) atoms. The number of carbonyl (C=O) groups excluding carboxylic acids is 1. The summed E-state index contributed by atoms with van der Waals surface area (Å²) in [5, 5.41) is 13.1. The molecule has 2 heterocycles. The SMILES string of the molecule is O=C(NCC1(C(=O)O)CCOCC1)c1ccc2ncccc2c1. The molecule has 0 radical (unpaired) electrons. The van der Waals surface area contributed by atoms with Gasteiger partial charge in [-0.3, -0.25) is 14.6 Å². The summed E-state index contributed by atoms with van der Waals surface area (Å²) in [5.41, 5.74) is 0.375. The topological polar surface area (TPSA) is 88.5 Å². The van der Waals surface area contributed by atoms with Crippen LogP contribution in [0.3, 0.4) is 0 Å². The van der Waals surface area contributed by atoms with Crippen LogP contribution in [-0.2, 0) is 9.53 Å². The molecule has 3 rings (SSSR count). The number of ether oxygens (including phenoxy) is 1. The summed E-state index contributed by atoms with van der Waals surface area (Å²) in [6.07, 6.45) is 2.51. The molecule has 1 fully saturated rings. The van der Waals surface area contributed by atoms with Gasteiger partial charge in [-0.05, 0) is 37.1 Å². The van der Waals surface area contributed by atoms with E-state index in [1.54, 1.807) is 24.4 Å². The van der Waals surface area contributed by atoms with Gasteiger partial charge in [0.05, 0.1) is 10.9 Å². The zero-order chi connectivity index (χ0) is 16.3. The van der Waals surface area contributed by atoms with E-state index in [4.69, 9.17) is 4.74 Å². The Labute approximate surface area is 133 Å². The van der Waals surface area contributed by atoms with Crippen molar-refractivity contribution in [2.75, 3.05) is 19.8 Å². The maximum Gasteiger partial charge on any atom is 0.311 e. The van der Waals surface area contributed by atoms with E-state index in [2.05, 4.69) is 10.3 Å². The number of nitrogens with one attached hydrogen (secondary N) is 1. The number of rotatable bonds is 4. The molecule has 0 spiro atoms. The van der Waals surface area contributed by atoms with Crippen molar-refractivity contribution in [3.05, 3.63) is 42.1 Å². The van der Waals surface area contributed by atoms with Crippen LogP contribution in [0.15, 0.2) is 36.5 Å². The van der Waals surface area contributed by atoms with Gasteiger partial charge in [0.2, 0.25) is 0 Å². The molecule has 6 heteroatoms. The summed E-state index contributed by atoms with van der Waals surface area (Å²) in [7, 11) is 0. The Balaban J connectivity index is 1.73. The first-order valence-electron chi connectivity index (χ1n) is 7.55. The number of benzene rings is 1. The van der Waals surface area contributed by atoms with E-state index in [-0.39, 0.29) is 12.5 Å². The maximum absolute atomic E-state index is 12.3. The summed E-state index contributed by atoms with van der Waals surface area (Å²) < 4.78 is 5.23. The summed E-state index contributed by atoms with van der Waals surface area (Å²) in [4.78, 5) is 28.1. The predicted octanol–water partition coefficient (Wildman–Crippen LogP) is 1.85. The van der Waals surface area contributed by atoms with Crippen LogP contribution in [0.2, 0.25) is 0 Å². The van der Waals surface area contributed by atoms with Crippen LogP contribution in [0.5, 0.6) is 0 Å². The summed E-state index contributed by atoms with van der Waals surface area (Å²) in [5.74, 6) is -1.16. The standard InChI is InChI=1S/C17H18N2O4/c20-15(13-3-4-14-12(10-13)2-1-7-18-14)19-11-17(16(21)22)5-8-23-9-6-17/h1-4,7,10H,5-6,8-9,11H2,(H,19,20)(H,21,22). The molecule has 0 atom stereocenters. The Morgan fingerprint density at radius 2 is 2.04 bits per heavy atom. The number of carbonyl (C=O) groups is 2. The molecule has 1 amide bonds. The third kappa shape index (κ3) is 3.17. The van der Waals surface area contributed by atoms with Crippen molar-refractivity contribution in [3.63, 3.8) is 0 Å². The lowest BCUT2D eigenvalue weighted by Crippen LogP contribution is -2.46. The number of nitrogens with zero attached hydrogens (tertiary/aromatic N) is 1. The second-order valence-corrected chi connectivity index (χ2v) is 5.79. The molecule has 0 bridgehead atoms. The molecule has 6 nitrogen and oxygen atoms in total. The van der Waals surface area contributed by atoms with Crippen molar-refractivity contribution < 1.29 is 19.4 Å². The maximum atomic E-state index is 12.3. The van der Waals surface area contributed by atoms with Crippen LogP contribution in [-0.4, -0.2) is 41.7 Å². The fourth-order valence-corrected chi connectivity index (χ4v) is 2.80. The molecule has 1 saturated heterocycles. The minimum Gasteiger partial charge on any atom is -0.481 e. The Kier molecular flexibility index (Phi) is 4.25. The number of hydrogen-bond acceptors (Lipinski definition) is 4. The number of carboxylic acid groups (broad SMARTS) is 1. The summed E-state index contributed by atoms with van der Waals surface area (Å²) >= 11 is 0. The van der Waals surface area contributed by atoms with Crippen molar-refractivity contribution in [2.45, 2.75) is 12.8 Å². The van der Waals surface area contributed by atoms with Gasteiger partial charge in [-0.2, -0.15) is 0 Å². The number of fused-ring (bicyclic) bond motifs is 1. The lowest BCUT2D eigenvalue weighted by atomic mass is 9.80. The molecule has 1 aromatic heterocycles. The largest absolute Gasteiger partial charge is 0.481 e. The van der Waals surface area contributed by atoms with Crippen molar-refractivity contribution >= 4 is 22.8 Å². The Hall–Kier alpha value is -2.47. The van der Waals surface area contributed by atoms with Gasteiger partial charge in [-0.1, -0.05) is 6.07 Å². The van der Waals surface area contributed by atoms with Crippen LogP contribution in [0, 0.1) is 5.41 Å². The third-order valence-corrected chi connectivity index (χ3v) is 4.36. The van der Waals surface area contributed by atoms with E-state index in [9.17, 15) is 14.7 Å². The zero-order valence-electron chi connectivity index (χ0n) is 12.6. The Morgan fingerprint density at radius 3 is 2.78 bits per heavy atom. The number of aromatic nitrogens is 1. The molecule has 0 aliphatic carbocycles. The van der Waals surface area contributed by atoms with Crippen LogP contribution in [0.1, 0.15) is 23.2 Å². The van der Waals surface area contributed by atoms with Crippen LogP contribution in [0.4, 0.5) is 0 Å².